The number of β-amino-alcohol motifs (C(OH)–C–C–N with tert-alkyl or cyclic N) is 1. The lowest BCUT2D eigenvalue weighted by Gasteiger charge is -2.37. The number of aliphatic hydroxyl groups is 1. The maximum absolute atomic E-state index is 12.0. The van der Waals surface area contributed by atoms with Crippen LogP contribution in [0.3, 0.4) is 0 Å². The third-order valence-electron chi connectivity index (χ3n) is 2.71. The third kappa shape index (κ3) is 2.79. The zero-order valence-corrected chi connectivity index (χ0v) is 11.6. The van der Waals surface area contributed by atoms with Crippen molar-refractivity contribution in [2.24, 2.45) is 0 Å². The fraction of sp³-hybridized carbons (Fsp3) is 0.400. The first-order valence-corrected chi connectivity index (χ1v) is 7.45. The molecule has 0 aromatic heterocycles. The third-order valence-corrected chi connectivity index (χ3v) is 5.08. The van der Waals surface area contributed by atoms with E-state index in [4.69, 9.17) is 23.2 Å². The number of sulfonamides is 1. The molecule has 0 atom stereocenters. The van der Waals surface area contributed by atoms with Gasteiger partial charge in [-0.05, 0) is 12.1 Å². The van der Waals surface area contributed by atoms with E-state index in [-0.39, 0.29) is 21.5 Å². The molecule has 0 spiro atoms. The number of hydrogen-bond acceptors (Lipinski definition) is 4. The Balaban J connectivity index is 2.18. The van der Waals surface area contributed by atoms with E-state index in [1.54, 1.807) is 0 Å². The molecule has 1 heterocycles. The van der Waals surface area contributed by atoms with Gasteiger partial charge in [-0.25, -0.2) is 13.1 Å². The first-order valence-electron chi connectivity index (χ1n) is 5.21. The van der Waals surface area contributed by atoms with E-state index in [1.807, 2.05) is 0 Å². The fourth-order valence-electron chi connectivity index (χ4n) is 1.54. The Hall–Kier alpha value is -0.370. The topological polar surface area (TPSA) is 78.4 Å². The van der Waals surface area contributed by atoms with Crippen molar-refractivity contribution in [2.45, 2.75) is 10.5 Å². The van der Waals surface area contributed by atoms with Gasteiger partial charge in [0, 0.05) is 19.6 Å². The number of rotatable bonds is 4. The Labute approximate surface area is 115 Å². The summed E-state index contributed by atoms with van der Waals surface area (Å²) >= 11 is 11.6. The van der Waals surface area contributed by atoms with E-state index in [0.717, 1.165) is 0 Å². The number of benzene rings is 1. The first-order chi connectivity index (χ1) is 8.34. The summed E-state index contributed by atoms with van der Waals surface area (Å²) in [5, 5.41) is 12.8. The molecule has 0 radical (unpaired) electrons. The average molecular weight is 311 g/mol. The summed E-state index contributed by atoms with van der Waals surface area (Å²) < 4.78 is 26.3. The monoisotopic (exact) mass is 310 g/mol. The maximum Gasteiger partial charge on any atom is 0.242 e. The molecule has 3 N–H and O–H groups in total. The molecule has 0 aliphatic carbocycles. The fourth-order valence-corrected chi connectivity index (χ4v) is 3.42. The molecule has 1 aromatic rings. The number of hydrogen-bond donors (Lipinski definition) is 3. The molecule has 1 aliphatic rings. The lowest BCUT2D eigenvalue weighted by atomic mass is 9.98. The minimum Gasteiger partial charge on any atom is -0.386 e. The highest BCUT2D eigenvalue weighted by Gasteiger charge is 2.35. The molecule has 0 saturated carbocycles. The number of halogens is 2. The van der Waals surface area contributed by atoms with Crippen LogP contribution >= 0.6 is 23.2 Å². The van der Waals surface area contributed by atoms with Gasteiger partial charge in [0.1, 0.15) is 10.5 Å². The van der Waals surface area contributed by atoms with Gasteiger partial charge in [-0.1, -0.05) is 29.3 Å². The van der Waals surface area contributed by atoms with Crippen molar-refractivity contribution in [3.8, 4) is 0 Å². The van der Waals surface area contributed by atoms with Gasteiger partial charge in [-0.2, -0.15) is 0 Å². The molecule has 8 heteroatoms. The van der Waals surface area contributed by atoms with Crippen LogP contribution in [-0.4, -0.2) is 38.8 Å². The molecule has 0 amide bonds. The van der Waals surface area contributed by atoms with Gasteiger partial charge in [0.25, 0.3) is 0 Å². The van der Waals surface area contributed by atoms with Gasteiger partial charge in [0.05, 0.1) is 10.0 Å². The van der Waals surface area contributed by atoms with Gasteiger partial charge >= 0.3 is 0 Å². The molecule has 0 unspecified atom stereocenters. The predicted octanol–water partition coefficient (Wildman–Crippen LogP) is 0.606. The van der Waals surface area contributed by atoms with E-state index in [9.17, 15) is 13.5 Å². The van der Waals surface area contributed by atoms with Crippen molar-refractivity contribution < 1.29 is 13.5 Å². The number of nitrogens with one attached hydrogen (secondary N) is 2. The highest BCUT2D eigenvalue weighted by molar-refractivity contribution is 7.89. The molecule has 0 bridgehead atoms. The smallest absolute Gasteiger partial charge is 0.242 e. The Morgan fingerprint density at radius 1 is 1.39 bits per heavy atom. The summed E-state index contributed by atoms with van der Waals surface area (Å²) in [6.45, 7) is 0.656. The lowest BCUT2D eigenvalue weighted by molar-refractivity contribution is -0.00396. The van der Waals surface area contributed by atoms with E-state index >= 15 is 0 Å². The van der Waals surface area contributed by atoms with E-state index in [1.165, 1.54) is 18.2 Å². The van der Waals surface area contributed by atoms with Crippen LogP contribution in [0, 0.1) is 0 Å². The van der Waals surface area contributed by atoms with Crippen LogP contribution in [0.2, 0.25) is 10.0 Å². The SMILES string of the molecule is O=S(=O)(NCC1(O)CNC1)c1cccc(Cl)c1Cl. The predicted molar refractivity (Wildman–Crippen MR) is 69.5 cm³/mol. The molecule has 1 saturated heterocycles. The summed E-state index contributed by atoms with van der Waals surface area (Å²) in [4.78, 5) is -0.0902. The maximum atomic E-state index is 12.0. The molecule has 1 fully saturated rings. The van der Waals surface area contributed by atoms with Gasteiger partial charge in [0.2, 0.25) is 10.0 Å². The Morgan fingerprint density at radius 2 is 2.06 bits per heavy atom. The van der Waals surface area contributed by atoms with E-state index < -0.39 is 15.6 Å². The Bertz CT molecular complexity index is 558. The Morgan fingerprint density at radius 3 is 2.61 bits per heavy atom. The lowest BCUT2D eigenvalue weighted by Crippen LogP contribution is -2.64. The van der Waals surface area contributed by atoms with Crippen LogP contribution in [0.25, 0.3) is 0 Å². The summed E-state index contributed by atoms with van der Waals surface area (Å²) in [7, 11) is -3.78. The molecule has 2 rings (SSSR count). The van der Waals surface area contributed by atoms with Crippen LogP contribution in [0.15, 0.2) is 23.1 Å². The van der Waals surface area contributed by atoms with Crippen LogP contribution in [-0.2, 0) is 10.0 Å². The normalized spacial score (nSPS) is 18.4. The van der Waals surface area contributed by atoms with Gasteiger partial charge in [0.15, 0.2) is 0 Å². The zero-order valence-electron chi connectivity index (χ0n) is 9.28. The molecular formula is C10H12Cl2N2O3S. The standard InChI is InChI=1S/C10H12Cl2N2O3S/c11-7-2-1-3-8(9(7)12)18(16,17)14-6-10(15)4-13-5-10/h1-3,13-15H,4-6H2. The molecule has 1 aromatic carbocycles. The summed E-state index contributed by atoms with van der Waals surface area (Å²) in [5.74, 6) is 0. The minimum atomic E-state index is -3.78. The molecular weight excluding hydrogens is 299 g/mol. The molecule has 100 valence electrons. The Kier molecular flexibility index (Phi) is 3.87. The zero-order chi connectivity index (χ0) is 13.4. The minimum absolute atomic E-state index is 0.0228. The molecule has 18 heavy (non-hydrogen) atoms. The summed E-state index contributed by atoms with van der Waals surface area (Å²) in [5.41, 5.74) is -1.03. The van der Waals surface area contributed by atoms with Crippen molar-refractivity contribution >= 4 is 33.2 Å². The van der Waals surface area contributed by atoms with Gasteiger partial charge in [-0.15, -0.1) is 0 Å². The first kappa shape index (κ1) is 14.0. The second-order valence-electron chi connectivity index (χ2n) is 4.20. The van der Waals surface area contributed by atoms with Gasteiger partial charge < -0.3 is 10.4 Å². The summed E-state index contributed by atoms with van der Waals surface area (Å²) in [6.07, 6.45) is 0. The quantitative estimate of drug-likeness (QED) is 0.761. The van der Waals surface area contributed by atoms with E-state index in [2.05, 4.69) is 10.0 Å². The highest BCUT2D eigenvalue weighted by atomic mass is 35.5. The van der Waals surface area contributed by atoms with Crippen molar-refractivity contribution in [1.29, 1.82) is 0 Å². The van der Waals surface area contributed by atoms with Crippen LogP contribution in [0.5, 0.6) is 0 Å². The van der Waals surface area contributed by atoms with Crippen LogP contribution < -0.4 is 10.0 Å². The highest BCUT2D eigenvalue weighted by Crippen LogP contribution is 2.28. The van der Waals surface area contributed by atoms with Crippen molar-refractivity contribution in [3.63, 3.8) is 0 Å². The summed E-state index contributed by atoms with van der Waals surface area (Å²) in [6, 6.07) is 4.37. The van der Waals surface area contributed by atoms with Crippen molar-refractivity contribution in [3.05, 3.63) is 28.2 Å². The van der Waals surface area contributed by atoms with Crippen molar-refractivity contribution in [2.75, 3.05) is 19.6 Å². The second kappa shape index (κ2) is 4.96. The second-order valence-corrected chi connectivity index (χ2v) is 6.72. The largest absolute Gasteiger partial charge is 0.386 e. The molecule has 1 aliphatic heterocycles. The van der Waals surface area contributed by atoms with Gasteiger partial charge in [-0.3, -0.25) is 0 Å². The van der Waals surface area contributed by atoms with E-state index in [0.29, 0.717) is 13.1 Å². The van der Waals surface area contributed by atoms with Crippen LogP contribution in [0.1, 0.15) is 0 Å². The average Bonchev–Trinajstić information content (AvgIpc) is 2.27. The van der Waals surface area contributed by atoms with Crippen molar-refractivity contribution in [1.82, 2.24) is 10.0 Å². The molecule has 5 nitrogen and oxygen atoms in total. The van der Waals surface area contributed by atoms with Crippen LogP contribution in [0.4, 0.5) is 0 Å².